The molecule has 0 saturated carbocycles. The van der Waals surface area contributed by atoms with Crippen LogP contribution in [0.15, 0.2) is 51.7 Å². The van der Waals surface area contributed by atoms with E-state index in [0.717, 1.165) is 21.8 Å². The number of thioether (sulfide) groups is 1. The van der Waals surface area contributed by atoms with Crippen molar-refractivity contribution in [1.29, 1.82) is 0 Å². The number of fused-ring (bicyclic) bond motifs is 1. The number of thiazole rings is 1. The molecule has 4 aromatic rings. The number of hydrogen-bond donors (Lipinski definition) is 0. The Morgan fingerprint density at radius 2 is 2.18 bits per heavy atom. The molecule has 0 aliphatic heterocycles. The Kier molecular flexibility index (Phi) is 3.44. The number of aryl methyl sites for hydroxylation is 1. The Bertz CT molecular complexity index is 896. The minimum absolute atomic E-state index is 0.562. The fourth-order valence-electron chi connectivity index (χ4n) is 2.17. The van der Waals surface area contributed by atoms with E-state index < -0.39 is 0 Å². The number of rotatable bonds is 4. The molecular weight excluding hydrogens is 316 g/mol. The van der Waals surface area contributed by atoms with Crippen LogP contribution in [0, 0.1) is 6.92 Å². The fourth-order valence-corrected chi connectivity index (χ4v) is 3.54. The van der Waals surface area contributed by atoms with Gasteiger partial charge in [-0.2, -0.15) is 0 Å². The average Bonchev–Trinajstić information content (AvgIpc) is 3.21. The lowest BCUT2D eigenvalue weighted by atomic mass is 10.1. The van der Waals surface area contributed by atoms with Crippen molar-refractivity contribution in [1.82, 2.24) is 19.6 Å². The number of benzene rings is 1. The van der Waals surface area contributed by atoms with Crippen LogP contribution >= 0.6 is 23.1 Å². The summed E-state index contributed by atoms with van der Waals surface area (Å²) in [6, 6.07) is 7.98. The van der Waals surface area contributed by atoms with E-state index in [4.69, 9.17) is 4.42 Å². The summed E-state index contributed by atoms with van der Waals surface area (Å²) in [5.41, 5.74) is 3.11. The van der Waals surface area contributed by atoms with Crippen LogP contribution in [0.25, 0.3) is 16.4 Å². The summed E-state index contributed by atoms with van der Waals surface area (Å²) in [5, 5.41) is 10.8. The predicted molar refractivity (Wildman–Crippen MR) is 87.1 cm³/mol. The number of imidazole rings is 1. The van der Waals surface area contributed by atoms with Gasteiger partial charge in [-0.25, -0.2) is 4.98 Å². The van der Waals surface area contributed by atoms with Crippen molar-refractivity contribution in [3.8, 4) is 11.5 Å². The van der Waals surface area contributed by atoms with Gasteiger partial charge in [-0.3, -0.25) is 4.40 Å². The van der Waals surface area contributed by atoms with E-state index >= 15 is 0 Å². The smallest absolute Gasteiger partial charge is 0.277 e. The normalized spacial score (nSPS) is 11.3. The fraction of sp³-hybridized carbons (Fsp3) is 0.133. The number of hydrogen-bond acceptors (Lipinski definition) is 6. The second kappa shape index (κ2) is 5.58. The van der Waals surface area contributed by atoms with Crippen molar-refractivity contribution >= 4 is 28.1 Å². The molecule has 0 aliphatic rings. The lowest BCUT2D eigenvalue weighted by molar-refractivity contribution is 0.465. The van der Waals surface area contributed by atoms with E-state index in [9.17, 15) is 0 Å². The van der Waals surface area contributed by atoms with E-state index in [1.165, 1.54) is 11.8 Å². The molecule has 0 saturated heterocycles. The quantitative estimate of drug-likeness (QED) is 0.529. The summed E-state index contributed by atoms with van der Waals surface area (Å²) in [6.45, 7) is 2.03. The highest BCUT2D eigenvalue weighted by molar-refractivity contribution is 7.98. The summed E-state index contributed by atoms with van der Waals surface area (Å²) < 4.78 is 7.76. The van der Waals surface area contributed by atoms with E-state index in [1.807, 2.05) is 53.4 Å². The molecule has 1 aromatic carbocycles. The molecule has 110 valence electrons. The van der Waals surface area contributed by atoms with Crippen LogP contribution in [0.5, 0.6) is 0 Å². The molecule has 4 rings (SSSR count). The van der Waals surface area contributed by atoms with Crippen molar-refractivity contribution in [2.24, 2.45) is 0 Å². The average molecular weight is 328 g/mol. The minimum Gasteiger partial charge on any atom is -0.411 e. The monoisotopic (exact) mass is 328 g/mol. The van der Waals surface area contributed by atoms with Crippen molar-refractivity contribution in [2.45, 2.75) is 17.9 Å². The third kappa shape index (κ3) is 2.53. The first-order valence-electron chi connectivity index (χ1n) is 6.73. The van der Waals surface area contributed by atoms with Gasteiger partial charge in [0.2, 0.25) is 5.89 Å². The third-order valence-corrected chi connectivity index (χ3v) is 4.89. The standard InChI is InChI=1S/C15H12N4OS2/c1-10-4-2-3-5-12(10)13-17-18-15(20-13)22-9-11-8-19-6-7-21-14(19)16-11/h2-8H,9H2,1H3. The lowest BCUT2D eigenvalue weighted by Gasteiger charge is -1.98. The molecule has 0 unspecified atom stereocenters. The molecule has 5 nitrogen and oxygen atoms in total. The Labute approximate surface area is 135 Å². The summed E-state index contributed by atoms with van der Waals surface area (Å²) >= 11 is 3.13. The topological polar surface area (TPSA) is 56.2 Å². The third-order valence-electron chi connectivity index (χ3n) is 3.27. The van der Waals surface area contributed by atoms with Crippen molar-refractivity contribution in [2.75, 3.05) is 0 Å². The Balaban J connectivity index is 1.50. The zero-order valence-electron chi connectivity index (χ0n) is 11.8. The molecule has 0 amide bonds. The molecule has 0 atom stereocenters. The van der Waals surface area contributed by atoms with Crippen LogP contribution in [0.4, 0.5) is 0 Å². The van der Waals surface area contributed by atoms with Gasteiger partial charge < -0.3 is 4.42 Å². The highest BCUT2D eigenvalue weighted by atomic mass is 32.2. The van der Waals surface area contributed by atoms with E-state index in [-0.39, 0.29) is 0 Å². The van der Waals surface area contributed by atoms with Crippen molar-refractivity contribution in [3.05, 3.63) is 53.3 Å². The Hall–Kier alpha value is -2.12. The lowest BCUT2D eigenvalue weighted by Crippen LogP contribution is -1.81. The molecule has 3 aromatic heterocycles. The molecule has 0 radical (unpaired) electrons. The first-order valence-corrected chi connectivity index (χ1v) is 8.59. The van der Waals surface area contributed by atoms with Gasteiger partial charge in [0, 0.05) is 29.1 Å². The zero-order chi connectivity index (χ0) is 14.9. The molecular formula is C15H12N4OS2. The summed E-state index contributed by atoms with van der Waals surface area (Å²) in [6.07, 6.45) is 4.03. The van der Waals surface area contributed by atoms with Gasteiger partial charge in [0.25, 0.3) is 5.22 Å². The van der Waals surface area contributed by atoms with Gasteiger partial charge in [-0.05, 0) is 18.6 Å². The Morgan fingerprint density at radius 1 is 1.27 bits per heavy atom. The zero-order valence-corrected chi connectivity index (χ0v) is 13.4. The maximum atomic E-state index is 5.74. The molecule has 22 heavy (non-hydrogen) atoms. The van der Waals surface area contributed by atoms with Crippen LogP contribution in [-0.2, 0) is 5.75 Å². The highest BCUT2D eigenvalue weighted by Gasteiger charge is 2.12. The molecule has 0 aliphatic carbocycles. The van der Waals surface area contributed by atoms with Crippen molar-refractivity contribution in [3.63, 3.8) is 0 Å². The minimum atomic E-state index is 0.562. The second-order valence-electron chi connectivity index (χ2n) is 4.80. The van der Waals surface area contributed by atoms with Crippen LogP contribution in [0.2, 0.25) is 0 Å². The van der Waals surface area contributed by atoms with E-state index in [2.05, 4.69) is 15.2 Å². The highest BCUT2D eigenvalue weighted by Crippen LogP contribution is 2.27. The Morgan fingerprint density at radius 3 is 3.05 bits per heavy atom. The van der Waals surface area contributed by atoms with Crippen LogP contribution in [0.1, 0.15) is 11.3 Å². The molecule has 0 N–H and O–H groups in total. The molecule has 0 spiro atoms. The number of nitrogens with zero attached hydrogens (tertiary/aromatic N) is 4. The first-order chi connectivity index (χ1) is 10.8. The molecule has 7 heteroatoms. The van der Waals surface area contributed by atoms with Gasteiger partial charge >= 0.3 is 0 Å². The first kappa shape index (κ1) is 13.5. The molecule has 0 bridgehead atoms. The van der Waals surface area contributed by atoms with Crippen LogP contribution < -0.4 is 0 Å². The maximum absolute atomic E-state index is 5.74. The largest absolute Gasteiger partial charge is 0.411 e. The van der Waals surface area contributed by atoms with E-state index in [0.29, 0.717) is 16.9 Å². The van der Waals surface area contributed by atoms with E-state index in [1.54, 1.807) is 11.3 Å². The van der Waals surface area contributed by atoms with Crippen LogP contribution in [-0.4, -0.2) is 19.6 Å². The van der Waals surface area contributed by atoms with Crippen LogP contribution in [0.3, 0.4) is 0 Å². The molecule has 0 fully saturated rings. The molecule has 3 heterocycles. The van der Waals surface area contributed by atoms with Crippen molar-refractivity contribution < 1.29 is 4.42 Å². The summed E-state index contributed by atoms with van der Waals surface area (Å²) in [7, 11) is 0. The number of aromatic nitrogens is 4. The van der Waals surface area contributed by atoms with Gasteiger partial charge in [-0.1, -0.05) is 30.0 Å². The maximum Gasteiger partial charge on any atom is 0.277 e. The summed E-state index contributed by atoms with van der Waals surface area (Å²) in [4.78, 5) is 5.54. The van der Waals surface area contributed by atoms with Gasteiger partial charge in [-0.15, -0.1) is 21.5 Å². The van der Waals surface area contributed by atoms with Gasteiger partial charge in [0.15, 0.2) is 4.96 Å². The summed E-state index contributed by atoms with van der Waals surface area (Å²) in [5.74, 6) is 1.27. The predicted octanol–water partition coefficient (Wildman–Crippen LogP) is 4.05. The van der Waals surface area contributed by atoms with Gasteiger partial charge in [0.05, 0.1) is 5.69 Å². The SMILES string of the molecule is Cc1ccccc1-c1nnc(SCc2cn3ccsc3n2)o1. The second-order valence-corrected chi connectivity index (χ2v) is 6.60. The van der Waals surface area contributed by atoms with Gasteiger partial charge in [0.1, 0.15) is 0 Å².